The number of nitrogens with one attached hydrogen (secondary N) is 1. The van der Waals surface area contributed by atoms with Crippen LogP contribution in [0.25, 0.3) is 0 Å². The quantitative estimate of drug-likeness (QED) is 0.827. The molecular weight excluding hydrogens is 320 g/mol. The predicted molar refractivity (Wildman–Crippen MR) is 91.7 cm³/mol. The Bertz CT molecular complexity index is 640. The van der Waals surface area contributed by atoms with E-state index in [1.165, 1.54) is 0 Å². The minimum absolute atomic E-state index is 0.0431. The van der Waals surface area contributed by atoms with Gasteiger partial charge in [-0.15, -0.1) is 0 Å². The first-order chi connectivity index (χ1) is 12.0. The fraction of sp³-hybridized carbons (Fsp3) is 0.526. The number of carbonyl (C=O) groups is 3. The second-order valence-electron chi connectivity index (χ2n) is 6.96. The molecule has 134 valence electrons. The lowest BCUT2D eigenvalue weighted by molar-refractivity contribution is -0.138. The third kappa shape index (κ3) is 4.18. The van der Waals surface area contributed by atoms with Gasteiger partial charge in [-0.05, 0) is 18.4 Å². The Morgan fingerprint density at radius 1 is 1.20 bits per heavy atom. The lowest BCUT2D eigenvalue weighted by Gasteiger charge is -2.24. The van der Waals surface area contributed by atoms with Crippen LogP contribution < -0.4 is 5.32 Å². The van der Waals surface area contributed by atoms with Gasteiger partial charge in [-0.2, -0.15) is 0 Å². The number of hydrogen-bond acceptors (Lipinski definition) is 3. The molecule has 2 amide bonds. The molecule has 1 aromatic rings. The summed E-state index contributed by atoms with van der Waals surface area (Å²) in [7, 11) is 0. The fourth-order valence-corrected chi connectivity index (χ4v) is 3.88. The van der Waals surface area contributed by atoms with E-state index in [1.54, 1.807) is 12.1 Å². The second-order valence-corrected chi connectivity index (χ2v) is 6.96. The van der Waals surface area contributed by atoms with Gasteiger partial charge in [0.05, 0.1) is 18.4 Å². The standard InChI is InChI=1S/C19H24N2O4/c22-17-10-14(12-21(17)15-8-4-5-9-15)19(25)20-16(11-18(23)24)13-6-2-1-3-7-13/h1-3,6-7,14-16H,4-5,8-12H2,(H,20,25)(H,23,24)/t14-,16+/m0/s1. The topological polar surface area (TPSA) is 86.7 Å². The van der Waals surface area contributed by atoms with Crippen LogP contribution in [0.1, 0.15) is 50.1 Å². The molecule has 2 atom stereocenters. The first-order valence-electron chi connectivity index (χ1n) is 8.91. The molecule has 1 saturated carbocycles. The molecule has 2 aliphatic rings. The van der Waals surface area contributed by atoms with Crippen molar-refractivity contribution in [2.24, 2.45) is 5.92 Å². The average molecular weight is 344 g/mol. The zero-order chi connectivity index (χ0) is 17.8. The molecule has 1 saturated heterocycles. The molecule has 0 bridgehead atoms. The molecule has 6 nitrogen and oxygen atoms in total. The highest BCUT2D eigenvalue weighted by atomic mass is 16.4. The van der Waals surface area contributed by atoms with E-state index in [1.807, 2.05) is 23.1 Å². The van der Waals surface area contributed by atoms with Crippen LogP contribution in [0.2, 0.25) is 0 Å². The average Bonchev–Trinajstić information content (AvgIpc) is 3.24. The van der Waals surface area contributed by atoms with Crippen LogP contribution in [0.3, 0.4) is 0 Å². The lowest BCUT2D eigenvalue weighted by Crippen LogP contribution is -2.38. The van der Waals surface area contributed by atoms with E-state index in [9.17, 15) is 14.4 Å². The molecule has 0 radical (unpaired) electrons. The summed E-state index contributed by atoms with van der Waals surface area (Å²) in [4.78, 5) is 37.9. The molecule has 2 fully saturated rings. The van der Waals surface area contributed by atoms with Crippen molar-refractivity contribution in [3.8, 4) is 0 Å². The maximum atomic E-state index is 12.6. The fourth-order valence-electron chi connectivity index (χ4n) is 3.88. The highest BCUT2D eigenvalue weighted by molar-refractivity contribution is 5.89. The molecular formula is C19H24N2O4. The van der Waals surface area contributed by atoms with Crippen LogP contribution in [0.15, 0.2) is 30.3 Å². The number of rotatable bonds is 6. The van der Waals surface area contributed by atoms with Crippen molar-refractivity contribution in [2.45, 2.75) is 50.6 Å². The van der Waals surface area contributed by atoms with Gasteiger partial charge in [0.1, 0.15) is 0 Å². The van der Waals surface area contributed by atoms with Crippen LogP contribution >= 0.6 is 0 Å². The summed E-state index contributed by atoms with van der Waals surface area (Å²) < 4.78 is 0. The number of amides is 2. The second kappa shape index (κ2) is 7.68. The Morgan fingerprint density at radius 2 is 1.88 bits per heavy atom. The third-order valence-electron chi connectivity index (χ3n) is 5.19. The zero-order valence-electron chi connectivity index (χ0n) is 14.2. The number of carbonyl (C=O) groups excluding carboxylic acids is 2. The molecule has 25 heavy (non-hydrogen) atoms. The monoisotopic (exact) mass is 344 g/mol. The van der Waals surface area contributed by atoms with E-state index in [-0.39, 0.29) is 30.7 Å². The molecule has 0 aromatic heterocycles. The van der Waals surface area contributed by atoms with Crippen molar-refractivity contribution in [2.75, 3.05) is 6.54 Å². The van der Waals surface area contributed by atoms with Gasteiger partial charge in [0.25, 0.3) is 0 Å². The number of carboxylic acid groups (broad SMARTS) is 1. The summed E-state index contributed by atoms with van der Waals surface area (Å²) in [6.07, 6.45) is 4.36. The van der Waals surface area contributed by atoms with E-state index in [2.05, 4.69) is 5.32 Å². The van der Waals surface area contributed by atoms with Crippen molar-refractivity contribution in [3.05, 3.63) is 35.9 Å². The summed E-state index contributed by atoms with van der Waals surface area (Å²) in [5.74, 6) is -1.55. The number of hydrogen-bond donors (Lipinski definition) is 2. The predicted octanol–water partition coefficient (Wildman–Crippen LogP) is 2.11. The molecule has 0 unspecified atom stereocenters. The highest BCUT2D eigenvalue weighted by Gasteiger charge is 2.39. The van der Waals surface area contributed by atoms with Gasteiger partial charge in [0.15, 0.2) is 0 Å². The molecule has 0 spiro atoms. The molecule has 1 aliphatic heterocycles. The first-order valence-corrected chi connectivity index (χ1v) is 8.91. The number of benzene rings is 1. The maximum absolute atomic E-state index is 12.6. The van der Waals surface area contributed by atoms with Gasteiger partial charge < -0.3 is 15.3 Å². The summed E-state index contributed by atoms with van der Waals surface area (Å²) in [5.41, 5.74) is 0.759. The molecule has 1 aromatic carbocycles. The molecule has 1 heterocycles. The van der Waals surface area contributed by atoms with Gasteiger partial charge in [-0.1, -0.05) is 43.2 Å². The number of likely N-dealkylation sites (tertiary alicyclic amines) is 1. The molecule has 2 N–H and O–H groups in total. The Balaban J connectivity index is 1.65. The van der Waals surface area contributed by atoms with E-state index in [0.717, 1.165) is 31.2 Å². The zero-order valence-corrected chi connectivity index (χ0v) is 14.2. The first kappa shape index (κ1) is 17.5. The minimum atomic E-state index is -0.968. The smallest absolute Gasteiger partial charge is 0.305 e. The minimum Gasteiger partial charge on any atom is -0.481 e. The van der Waals surface area contributed by atoms with Gasteiger partial charge >= 0.3 is 5.97 Å². The molecule has 1 aliphatic carbocycles. The van der Waals surface area contributed by atoms with Crippen molar-refractivity contribution < 1.29 is 19.5 Å². The number of aliphatic carboxylic acids is 1. The Labute approximate surface area is 147 Å². The van der Waals surface area contributed by atoms with Crippen LogP contribution in [-0.4, -0.2) is 40.4 Å². The molecule has 6 heteroatoms. The number of carboxylic acids is 1. The molecule has 3 rings (SSSR count). The van der Waals surface area contributed by atoms with Crippen molar-refractivity contribution >= 4 is 17.8 Å². The SMILES string of the molecule is O=C(O)C[C@@H](NC(=O)[C@H]1CC(=O)N(C2CCCC2)C1)c1ccccc1. The Kier molecular flexibility index (Phi) is 5.36. The van der Waals surface area contributed by atoms with Gasteiger partial charge in [0.2, 0.25) is 11.8 Å². The van der Waals surface area contributed by atoms with Crippen molar-refractivity contribution in [1.82, 2.24) is 10.2 Å². The Hall–Kier alpha value is -2.37. The van der Waals surface area contributed by atoms with Crippen molar-refractivity contribution in [3.63, 3.8) is 0 Å². The largest absolute Gasteiger partial charge is 0.481 e. The summed E-state index contributed by atoms with van der Waals surface area (Å²) in [6, 6.07) is 8.78. The van der Waals surface area contributed by atoms with Crippen LogP contribution in [0.4, 0.5) is 0 Å². The van der Waals surface area contributed by atoms with E-state index in [0.29, 0.717) is 6.54 Å². The van der Waals surface area contributed by atoms with E-state index >= 15 is 0 Å². The van der Waals surface area contributed by atoms with Crippen LogP contribution in [-0.2, 0) is 14.4 Å². The lowest BCUT2D eigenvalue weighted by atomic mass is 10.0. The van der Waals surface area contributed by atoms with Crippen LogP contribution in [0, 0.1) is 5.92 Å². The Morgan fingerprint density at radius 3 is 2.52 bits per heavy atom. The number of nitrogens with zero attached hydrogens (tertiary/aromatic N) is 1. The third-order valence-corrected chi connectivity index (χ3v) is 5.19. The van der Waals surface area contributed by atoms with Gasteiger partial charge in [-0.25, -0.2) is 0 Å². The maximum Gasteiger partial charge on any atom is 0.305 e. The van der Waals surface area contributed by atoms with Crippen LogP contribution in [0.5, 0.6) is 0 Å². The summed E-state index contributed by atoms with van der Waals surface area (Å²) >= 11 is 0. The summed E-state index contributed by atoms with van der Waals surface area (Å²) in [5, 5.41) is 12.0. The normalized spacial score (nSPS) is 22.2. The van der Waals surface area contributed by atoms with Crippen molar-refractivity contribution in [1.29, 1.82) is 0 Å². The van der Waals surface area contributed by atoms with E-state index < -0.39 is 17.9 Å². The summed E-state index contributed by atoms with van der Waals surface area (Å²) in [6.45, 7) is 0.448. The van der Waals surface area contributed by atoms with Gasteiger partial charge in [0, 0.05) is 19.0 Å². The highest BCUT2D eigenvalue weighted by Crippen LogP contribution is 2.30. The van der Waals surface area contributed by atoms with E-state index in [4.69, 9.17) is 5.11 Å². The van der Waals surface area contributed by atoms with Gasteiger partial charge in [-0.3, -0.25) is 14.4 Å².